The molecule has 5 nitrogen and oxygen atoms in total. The maximum absolute atomic E-state index is 12.2. The molecule has 0 aromatic heterocycles. The van der Waals surface area contributed by atoms with Crippen LogP contribution < -0.4 is 0 Å². The Morgan fingerprint density at radius 3 is 2.50 bits per heavy atom. The van der Waals surface area contributed by atoms with E-state index in [-0.39, 0.29) is 12.4 Å². The molecule has 0 aliphatic carbocycles. The number of carbonyl (C=O) groups is 2. The maximum Gasteiger partial charge on any atom is 0.333 e. The zero-order valence-corrected chi connectivity index (χ0v) is 13.7. The predicted octanol–water partition coefficient (Wildman–Crippen LogP) is 2.94. The number of carbonyl (C=O) groups excluding carboxylic acids is 2. The highest BCUT2D eigenvalue weighted by Crippen LogP contribution is 2.28. The van der Waals surface area contributed by atoms with E-state index in [1.165, 1.54) is 0 Å². The Bertz CT molecular complexity index is 432. The normalized spacial score (nSPS) is 18.7. The van der Waals surface area contributed by atoms with Crippen molar-refractivity contribution < 1.29 is 23.8 Å². The van der Waals surface area contributed by atoms with Gasteiger partial charge < -0.3 is 14.2 Å². The lowest BCUT2D eigenvalue weighted by Crippen LogP contribution is -2.40. The largest absolute Gasteiger partial charge is 0.458 e. The first-order valence-electron chi connectivity index (χ1n) is 7.72. The molecule has 22 heavy (non-hydrogen) atoms. The number of hydrogen-bond donors (Lipinski definition) is 0. The van der Waals surface area contributed by atoms with Crippen molar-refractivity contribution in [3.8, 4) is 0 Å². The maximum atomic E-state index is 12.2. The number of allylic oxidation sites excluding steroid dienone is 1. The van der Waals surface area contributed by atoms with Crippen LogP contribution in [0.5, 0.6) is 0 Å². The number of rotatable bonds is 7. The number of esters is 2. The Kier molecular flexibility index (Phi) is 7.32. The van der Waals surface area contributed by atoms with Crippen LogP contribution in [0.2, 0.25) is 0 Å². The van der Waals surface area contributed by atoms with Gasteiger partial charge in [-0.15, -0.1) is 0 Å². The van der Waals surface area contributed by atoms with Crippen molar-refractivity contribution in [2.24, 2.45) is 0 Å². The highest BCUT2D eigenvalue weighted by molar-refractivity contribution is 5.87. The molecule has 1 atom stereocenters. The van der Waals surface area contributed by atoms with Gasteiger partial charge in [0, 0.05) is 18.4 Å². The Morgan fingerprint density at radius 1 is 1.36 bits per heavy atom. The summed E-state index contributed by atoms with van der Waals surface area (Å²) >= 11 is 0. The molecule has 1 aliphatic rings. The standard InChI is InChI=1S/C17H26O5/c1-5-7-17(8-10-20-11-9-17)22-15(18)12-14(6-2)21-16(19)13(3)4/h5,7,14H,3,6,8-12H2,1-2,4H3/b7-5+. The molecular formula is C17H26O5. The van der Waals surface area contributed by atoms with Gasteiger partial charge in [-0.2, -0.15) is 0 Å². The lowest BCUT2D eigenvalue weighted by atomic mass is 9.93. The molecule has 5 heteroatoms. The van der Waals surface area contributed by atoms with Crippen LogP contribution in [-0.4, -0.2) is 36.9 Å². The van der Waals surface area contributed by atoms with Crippen molar-refractivity contribution in [3.05, 3.63) is 24.3 Å². The van der Waals surface area contributed by atoms with E-state index in [1.807, 2.05) is 26.0 Å². The molecule has 1 rings (SSSR count). The molecule has 0 bridgehead atoms. The van der Waals surface area contributed by atoms with Gasteiger partial charge in [0.15, 0.2) is 0 Å². The summed E-state index contributed by atoms with van der Waals surface area (Å²) in [7, 11) is 0. The van der Waals surface area contributed by atoms with Gasteiger partial charge in [0.05, 0.1) is 19.6 Å². The highest BCUT2D eigenvalue weighted by atomic mass is 16.6. The van der Waals surface area contributed by atoms with Crippen LogP contribution in [0.4, 0.5) is 0 Å². The van der Waals surface area contributed by atoms with Crippen LogP contribution in [-0.2, 0) is 23.8 Å². The number of hydrogen-bond acceptors (Lipinski definition) is 5. The summed E-state index contributed by atoms with van der Waals surface area (Å²) in [5.41, 5.74) is -0.276. The molecule has 0 radical (unpaired) electrons. The first kappa shape index (κ1) is 18.4. The molecule has 0 amide bonds. The average molecular weight is 310 g/mol. The third-order valence-corrected chi connectivity index (χ3v) is 3.60. The second-order valence-electron chi connectivity index (χ2n) is 5.57. The summed E-state index contributed by atoms with van der Waals surface area (Å²) in [6, 6.07) is 0. The summed E-state index contributed by atoms with van der Waals surface area (Å²) in [5, 5.41) is 0. The SMILES string of the molecule is C=C(C)C(=O)OC(CC)CC(=O)OC1(/C=C/C)CCOCC1. The molecule has 1 aliphatic heterocycles. The summed E-state index contributed by atoms with van der Waals surface area (Å²) in [6.45, 7) is 10.0. The van der Waals surface area contributed by atoms with Crippen molar-refractivity contribution in [2.45, 2.75) is 58.2 Å². The fourth-order valence-corrected chi connectivity index (χ4v) is 2.30. The lowest BCUT2D eigenvalue weighted by Gasteiger charge is -2.34. The van der Waals surface area contributed by atoms with Crippen molar-refractivity contribution in [1.29, 1.82) is 0 Å². The molecule has 0 aromatic carbocycles. The Morgan fingerprint density at radius 2 is 2.00 bits per heavy atom. The van der Waals surface area contributed by atoms with Gasteiger partial charge in [0.2, 0.25) is 0 Å². The minimum absolute atomic E-state index is 0.0513. The van der Waals surface area contributed by atoms with Gasteiger partial charge in [0.1, 0.15) is 11.7 Å². The predicted molar refractivity (Wildman–Crippen MR) is 83.3 cm³/mol. The first-order valence-corrected chi connectivity index (χ1v) is 7.72. The van der Waals surface area contributed by atoms with Gasteiger partial charge in [-0.25, -0.2) is 4.79 Å². The third-order valence-electron chi connectivity index (χ3n) is 3.60. The fourth-order valence-electron chi connectivity index (χ4n) is 2.30. The van der Waals surface area contributed by atoms with E-state index in [4.69, 9.17) is 14.2 Å². The first-order chi connectivity index (χ1) is 10.4. The van der Waals surface area contributed by atoms with Crippen LogP contribution in [0.25, 0.3) is 0 Å². The van der Waals surface area contributed by atoms with Gasteiger partial charge in [-0.1, -0.05) is 19.6 Å². The molecule has 1 unspecified atom stereocenters. The molecule has 124 valence electrons. The monoisotopic (exact) mass is 310 g/mol. The minimum atomic E-state index is -0.596. The Hall–Kier alpha value is -1.62. The summed E-state index contributed by atoms with van der Waals surface area (Å²) in [6.07, 6.45) is 5.20. The third kappa shape index (κ3) is 5.64. The topological polar surface area (TPSA) is 61.8 Å². The number of ether oxygens (including phenoxy) is 3. The summed E-state index contributed by atoms with van der Waals surface area (Å²) in [5.74, 6) is -0.838. The Labute approximate surface area is 132 Å². The van der Waals surface area contributed by atoms with E-state index in [2.05, 4.69) is 6.58 Å². The summed E-state index contributed by atoms with van der Waals surface area (Å²) in [4.78, 5) is 23.7. The van der Waals surface area contributed by atoms with Crippen LogP contribution in [0, 0.1) is 0 Å². The van der Waals surface area contributed by atoms with Gasteiger partial charge in [-0.05, 0) is 26.3 Å². The molecule has 0 N–H and O–H groups in total. The van der Waals surface area contributed by atoms with Crippen LogP contribution >= 0.6 is 0 Å². The Balaban J connectivity index is 2.61. The summed E-state index contributed by atoms with van der Waals surface area (Å²) < 4.78 is 16.2. The van der Waals surface area contributed by atoms with Crippen molar-refractivity contribution >= 4 is 11.9 Å². The van der Waals surface area contributed by atoms with E-state index in [9.17, 15) is 9.59 Å². The van der Waals surface area contributed by atoms with E-state index < -0.39 is 17.7 Å². The fraction of sp³-hybridized carbons (Fsp3) is 0.647. The molecule has 0 spiro atoms. The quantitative estimate of drug-likeness (QED) is 0.411. The van der Waals surface area contributed by atoms with Crippen LogP contribution in [0.1, 0.15) is 46.5 Å². The minimum Gasteiger partial charge on any atom is -0.458 e. The second kappa shape index (κ2) is 8.73. The second-order valence-corrected chi connectivity index (χ2v) is 5.57. The zero-order valence-electron chi connectivity index (χ0n) is 13.7. The molecule has 1 saturated heterocycles. The van der Waals surface area contributed by atoms with Gasteiger partial charge in [-0.3, -0.25) is 4.79 Å². The van der Waals surface area contributed by atoms with Crippen molar-refractivity contribution in [3.63, 3.8) is 0 Å². The van der Waals surface area contributed by atoms with E-state index >= 15 is 0 Å². The van der Waals surface area contributed by atoms with E-state index in [1.54, 1.807) is 6.92 Å². The average Bonchev–Trinajstić information content (AvgIpc) is 2.47. The molecule has 1 heterocycles. The van der Waals surface area contributed by atoms with Crippen LogP contribution in [0.3, 0.4) is 0 Å². The zero-order chi connectivity index (χ0) is 16.6. The van der Waals surface area contributed by atoms with Gasteiger partial charge >= 0.3 is 11.9 Å². The highest BCUT2D eigenvalue weighted by Gasteiger charge is 2.34. The van der Waals surface area contributed by atoms with Crippen molar-refractivity contribution in [1.82, 2.24) is 0 Å². The van der Waals surface area contributed by atoms with E-state index in [0.717, 1.165) is 0 Å². The molecule has 0 aromatic rings. The molecule has 1 fully saturated rings. The molecular weight excluding hydrogens is 284 g/mol. The van der Waals surface area contributed by atoms with E-state index in [0.29, 0.717) is 38.0 Å². The smallest absolute Gasteiger partial charge is 0.333 e. The van der Waals surface area contributed by atoms with Crippen LogP contribution in [0.15, 0.2) is 24.3 Å². The van der Waals surface area contributed by atoms with Crippen molar-refractivity contribution in [2.75, 3.05) is 13.2 Å². The lowest BCUT2D eigenvalue weighted by molar-refractivity contribution is -0.166. The van der Waals surface area contributed by atoms with Gasteiger partial charge in [0.25, 0.3) is 0 Å². The molecule has 0 saturated carbocycles.